The maximum absolute atomic E-state index is 5.79. The van der Waals surface area contributed by atoms with Gasteiger partial charge in [-0.1, -0.05) is 30.3 Å². The van der Waals surface area contributed by atoms with E-state index in [0.717, 1.165) is 5.56 Å². The van der Waals surface area contributed by atoms with E-state index in [2.05, 4.69) is 12.1 Å². The maximum Gasteiger partial charge on any atom is 0.169 e. The Bertz CT molecular complexity index is 327. The molecule has 4 nitrogen and oxygen atoms in total. The first-order valence-corrected chi connectivity index (χ1v) is 7.79. The number of benzene rings is 1. The van der Waals surface area contributed by atoms with Gasteiger partial charge in [-0.05, 0) is 33.3 Å². The third-order valence-corrected chi connectivity index (χ3v) is 3.09. The highest BCUT2D eigenvalue weighted by Gasteiger charge is 2.33. The average Bonchev–Trinajstić information content (AvgIpc) is 2.49. The van der Waals surface area contributed by atoms with Gasteiger partial charge in [-0.3, -0.25) is 0 Å². The number of ether oxygens (including phenoxy) is 4. The van der Waals surface area contributed by atoms with Crippen molar-refractivity contribution in [2.75, 3.05) is 26.4 Å². The first-order valence-electron chi connectivity index (χ1n) is 7.79. The van der Waals surface area contributed by atoms with Crippen LogP contribution in [0, 0.1) is 0 Å². The van der Waals surface area contributed by atoms with Crippen molar-refractivity contribution in [3.05, 3.63) is 35.9 Å². The van der Waals surface area contributed by atoms with Crippen molar-refractivity contribution in [2.24, 2.45) is 0 Å². The van der Waals surface area contributed by atoms with Gasteiger partial charge in [0.25, 0.3) is 0 Å². The second-order valence-corrected chi connectivity index (χ2v) is 4.49. The quantitative estimate of drug-likeness (QED) is 0.585. The van der Waals surface area contributed by atoms with Gasteiger partial charge in [0.15, 0.2) is 12.6 Å². The molecule has 0 bridgehead atoms. The van der Waals surface area contributed by atoms with Crippen LogP contribution in [0.5, 0.6) is 0 Å². The lowest BCUT2D eigenvalue weighted by molar-refractivity contribution is -0.223. The lowest BCUT2D eigenvalue weighted by atomic mass is 9.97. The molecule has 0 aromatic heterocycles. The van der Waals surface area contributed by atoms with Crippen LogP contribution in [-0.4, -0.2) is 39.0 Å². The van der Waals surface area contributed by atoms with Crippen molar-refractivity contribution in [1.29, 1.82) is 0 Å². The van der Waals surface area contributed by atoms with E-state index >= 15 is 0 Å². The lowest BCUT2D eigenvalue weighted by Crippen LogP contribution is -2.37. The second kappa shape index (κ2) is 10.7. The molecule has 0 atom stereocenters. The fraction of sp³-hybridized carbons (Fsp3) is 0.647. The molecular formula is C17H28O4. The Labute approximate surface area is 128 Å². The minimum absolute atomic E-state index is 0.119. The second-order valence-electron chi connectivity index (χ2n) is 4.49. The highest BCUT2D eigenvalue weighted by Crippen LogP contribution is 2.29. The summed E-state index contributed by atoms with van der Waals surface area (Å²) in [4.78, 5) is 0. The molecule has 0 aliphatic carbocycles. The van der Waals surface area contributed by atoms with Crippen molar-refractivity contribution < 1.29 is 18.9 Å². The van der Waals surface area contributed by atoms with Gasteiger partial charge in [0.2, 0.25) is 0 Å². The van der Waals surface area contributed by atoms with Crippen LogP contribution in [0.4, 0.5) is 0 Å². The van der Waals surface area contributed by atoms with E-state index in [1.54, 1.807) is 0 Å². The van der Waals surface area contributed by atoms with Gasteiger partial charge in [0.05, 0.1) is 5.92 Å². The zero-order valence-electron chi connectivity index (χ0n) is 13.6. The monoisotopic (exact) mass is 296 g/mol. The van der Waals surface area contributed by atoms with E-state index in [0.29, 0.717) is 26.4 Å². The Balaban J connectivity index is 3.06. The Morgan fingerprint density at radius 2 is 1.05 bits per heavy atom. The molecule has 0 heterocycles. The van der Waals surface area contributed by atoms with Gasteiger partial charge >= 0.3 is 0 Å². The maximum atomic E-state index is 5.79. The minimum atomic E-state index is -0.384. The van der Waals surface area contributed by atoms with Gasteiger partial charge < -0.3 is 18.9 Å². The van der Waals surface area contributed by atoms with Crippen LogP contribution in [0.3, 0.4) is 0 Å². The molecule has 0 spiro atoms. The predicted octanol–water partition coefficient (Wildman–Crippen LogP) is 3.57. The number of hydrogen-bond acceptors (Lipinski definition) is 4. The van der Waals surface area contributed by atoms with Gasteiger partial charge in [-0.15, -0.1) is 0 Å². The summed E-state index contributed by atoms with van der Waals surface area (Å²) < 4.78 is 23.2. The Morgan fingerprint density at radius 1 is 0.667 bits per heavy atom. The van der Waals surface area contributed by atoms with Gasteiger partial charge in [0.1, 0.15) is 0 Å². The summed E-state index contributed by atoms with van der Waals surface area (Å²) in [5, 5.41) is 0. The summed E-state index contributed by atoms with van der Waals surface area (Å²) in [7, 11) is 0. The summed E-state index contributed by atoms with van der Waals surface area (Å²) in [6.45, 7) is 10.2. The van der Waals surface area contributed by atoms with E-state index in [1.165, 1.54) is 0 Å². The van der Waals surface area contributed by atoms with Gasteiger partial charge in [-0.2, -0.15) is 0 Å². The van der Waals surface area contributed by atoms with Crippen molar-refractivity contribution in [3.63, 3.8) is 0 Å². The molecule has 120 valence electrons. The Morgan fingerprint density at radius 3 is 1.38 bits per heavy atom. The normalized spacial score (nSPS) is 11.8. The topological polar surface area (TPSA) is 36.9 Å². The third-order valence-electron chi connectivity index (χ3n) is 3.09. The van der Waals surface area contributed by atoms with Gasteiger partial charge in [-0.25, -0.2) is 0 Å². The summed E-state index contributed by atoms with van der Waals surface area (Å²) in [6.07, 6.45) is -0.768. The van der Waals surface area contributed by atoms with E-state index in [9.17, 15) is 0 Å². The van der Waals surface area contributed by atoms with E-state index < -0.39 is 0 Å². The first kappa shape index (κ1) is 18.1. The van der Waals surface area contributed by atoms with Crippen molar-refractivity contribution in [3.8, 4) is 0 Å². The molecular weight excluding hydrogens is 268 g/mol. The molecule has 0 fully saturated rings. The van der Waals surface area contributed by atoms with Crippen molar-refractivity contribution in [1.82, 2.24) is 0 Å². The van der Waals surface area contributed by atoms with Crippen LogP contribution >= 0.6 is 0 Å². The highest BCUT2D eigenvalue weighted by atomic mass is 16.7. The fourth-order valence-electron chi connectivity index (χ4n) is 2.29. The van der Waals surface area contributed by atoms with E-state index in [1.807, 2.05) is 45.9 Å². The lowest BCUT2D eigenvalue weighted by Gasteiger charge is -2.33. The standard InChI is InChI=1S/C17H28O4/c1-5-18-16(19-6-2)15(14-12-10-9-11-13-14)17(20-7-3)21-8-4/h9-13,15-17H,5-8H2,1-4H3. The van der Waals surface area contributed by atoms with Crippen LogP contribution in [0.2, 0.25) is 0 Å². The average molecular weight is 296 g/mol. The number of rotatable bonds is 11. The molecule has 0 saturated carbocycles. The smallest absolute Gasteiger partial charge is 0.169 e. The van der Waals surface area contributed by atoms with Crippen LogP contribution in [-0.2, 0) is 18.9 Å². The molecule has 1 rings (SSSR count). The first-order chi connectivity index (χ1) is 10.3. The van der Waals surface area contributed by atoms with Crippen LogP contribution in [0.25, 0.3) is 0 Å². The van der Waals surface area contributed by atoms with Crippen molar-refractivity contribution in [2.45, 2.75) is 46.2 Å². The molecule has 0 saturated heterocycles. The zero-order chi connectivity index (χ0) is 15.5. The largest absolute Gasteiger partial charge is 0.352 e. The summed E-state index contributed by atoms with van der Waals surface area (Å²) in [6, 6.07) is 10.1. The third kappa shape index (κ3) is 5.75. The number of hydrogen-bond donors (Lipinski definition) is 0. The molecule has 1 aromatic carbocycles. The van der Waals surface area contributed by atoms with Crippen LogP contribution in [0.15, 0.2) is 30.3 Å². The molecule has 1 aromatic rings. The van der Waals surface area contributed by atoms with E-state index in [4.69, 9.17) is 18.9 Å². The van der Waals surface area contributed by atoms with Crippen LogP contribution in [0.1, 0.15) is 39.2 Å². The van der Waals surface area contributed by atoms with Crippen molar-refractivity contribution >= 4 is 0 Å². The molecule has 0 amide bonds. The summed E-state index contributed by atoms with van der Waals surface area (Å²) in [5.41, 5.74) is 1.09. The molecule has 0 radical (unpaired) electrons. The summed E-state index contributed by atoms with van der Waals surface area (Å²) >= 11 is 0. The SMILES string of the molecule is CCOC(OCC)C(c1ccccc1)C(OCC)OCC. The molecule has 0 N–H and O–H groups in total. The Hall–Kier alpha value is -0.940. The Kier molecular flexibility index (Phi) is 9.26. The van der Waals surface area contributed by atoms with Crippen LogP contribution < -0.4 is 0 Å². The van der Waals surface area contributed by atoms with Gasteiger partial charge in [0, 0.05) is 26.4 Å². The van der Waals surface area contributed by atoms with E-state index in [-0.39, 0.29) is 18.5 Å². The zero-order valence-corrected chi connectivity index (χ0v) is 13.6. The highest BCUT2D eigenvalue weighted by molar-refractivity contribution is 5.21. The predicted molar refractivity (Wildman–Crippen MR) is 83.3 cm³/mol. The molecule has 21 heavy (non-hydrogen) atoms. The molecule has 0 aliphatic heterocycles. The molecule has 0 aliphatic rings. The minimum Gasteiger partial charge on any atom is -0.352 e. The fourth-order valence-corrected chi connectivity index (χ4v) is 2.29. The summed E-state index contributed by atoms with van der Waals surface area (Å²) in [5.74, 6) is -0.119. The molecule has 4 heteroatoms. The molecule has 0 unspecified atom stereocenters.